The highest BCUT2D eigenvalue weighted by atomic mass is 32.2. The lowest BCUT2D eigenvalue weighted by Gasteiger charge is -2.38. The Kier molecular flexibility index (Phi) is 48.9. The van der Waals surface area contributed by atoms with Crippen LogP contribution in [0.25, 0.3) is 0 Å². The molecule has 18 unspecified atom stereocenters. The molecule has 688 valence electrons. The maximum Gasteiger partial charge on any atom is 0.251 e. The molecule has 5 aromatic rings. The van der Waals surface area contributed by atoms with Crippen LogP contribution < -0.4 is 20.9 Å². The lowest BCUT2D eigenvalue weighted by molar-refractivity contribution is -0.257. The van der Waals surface area contributed by atoms with Crippen molar-refractivity contribution in [1.29, 1.82) is 0 Å². The summed E-state index contributed by atoms with van der Waals surface area (Å²) in [7, 11) is -6.06. The number of phenolic OH excluding ortho intramolecular Hbond substituents is 3. The molecule has 0 saturated carbocycles. The Hall–Kier alpha value is -6.75. The van der Waals surface area contributed by atoms with Crippen LogP contribution in [-0.2, 0) is 53.2 Å². The van der Waals surface area contributed by atoms with Crippen LogP contribution >= 0.6 is 0 Å². The Balaban J connectivity index is 0.000000367. The molecule has 3 fully saturated rings. The van der Waals surface area contributed by atoms with Gasteiger partial charge in [-0.3, -0.25) is 14.4 Å². The molecular weight excluding hydrogens is 1620 g/mol. The maximum atomic E-state index is 12.9. The molecule has 31 nitrogen and oxygen atoms in total. The number of carbonyl (C=O) groups excluding carboxylic acids is 3. The van der Waals surface area contributed by atoms with Gasteiger partial charge in [0.05, 0.1) is 126 Å². The summed E-state index contributed by atoms with van der Waals surface area (Å²) in [4.78, 5) is 34.5. The largest absolute Gasteiger partial charge is 0.507 e. The quantitative estimate of drug-likeness (QED) is 0.0161. The topological polar surface area (TPSA) is 523 Å². The first-order valence-corrected chi connectivity index (χ1v) is 45.9. The van der Waals surface area contributed by atoms with Gasteiger partial charge in [-0.25, -0.2) is 27.1 Å². The van der Waals surface area contributed by atoms with Gasteiger partial charge in [0.25, 0.3) is 11.8 Å². The van der Waals surface area contributed by atoms with E-state index in [4.69, 9.17) is 48.5 Å². The van der Waals surface area contributed by atoms with Crippen molar-refractivity contribution in [1.82, 2.24) is 10.6 Å². The lowest BCUT2D eigenvalue weighted by atomic mass is 9.95. The molecule has 33 heteroatoms. The predicted octanol–water partition coefficient (Wildman–Crippen LogP) is 9.45. The van der Waals surface area contributed by atoms with Gasteiger partial charge in [0.15, 0.2) is 25.2 Å². The van der Waals surface area contributed by atoms with E-state index in [2.05, 4.69) is 17.6 Å². The van der Waals surface area contributed by atoms with Crippen LogP contribution in [-0.4, -0.2) is 232 Å². The standard InChI is InChI=1S/C47H66N2O13S.C24H50O8.C11H16N2O4S.C7H6O2/c1-3-33-26-36(60-46(59-33)40-17-4-6-19-42(40)52)15-10-16-37-28-38(62-47(61-37)41-18-5-7-20-43(41)53)25-32(51)12-9-14-35-27-34(13-8-11-30(2)50)57-44(58-35)29-49-45(54)31-21-23-39(24-22-31)63(48,55)56;1-3-18(26)13-19(27)9-5-11-22(30)15-24(32)16-23(31)12-6-10-21(29)14-20(28)8-4-7-17(2)25;1-8(17-2)7-13-11(14)9-3-5-10(6-4-9)18(12,15)16;8-5-6-3-1-2-4-7(6)9/h4-7,17-24,30,32-38,44,46-47,50-53H,3,8-16,25-29H2,1-2H3,(H,49,54)(H2,48,55,56);17-32H,3-16H2,1-2H3;3-6,8H,7H2,1-2H3,(H,13,14)(H2,12,15,16);1-5,9H/t30-,32?,33?,34?,35?,36?,37?,38?,44?,46?,47?;17-,18?,19?,20?,21?,22?,23?,24?;;/m00../s1. The third-order valence-electron chi connectivity index (χ3n) is 21.5. The van der Waals surface area contributed by atoms with Crippen LogP contribution in [0.5, 0.6) is 17.2 Å². The van der Waals surface area contributed by atoms with Crippen LogP contribution in [0.2, 0.25) is 0 Å². The summed E-state index contributed by atoms with van der Waals surface area (Å²) in [6, 6.07) is 31.2. The number of rotatable bonds is 48. The number of aldehydes is 1. The van der Waals surface area contributed by atoms with E-state index in [9.17, 15) is 92.5 Å². The summed E-state index contributed by atoms with van der Waals surface area (Å²) in [6.07, 6.45) is 7.23. The number of amides is 2. The summed E-state index contributed by atoms with van der Waals surface area (Å²) < 4.78 is 88.2. The van der Waals surface area contributed by atoms with Crippen molar-refractivity contribution in [3.63, 3.8) is 0 Å². The minimum absolute atomic E-state index is 0.0113. The Bertz CT molecular complexity index is 3980. The number of aromatic hydroxyl groups is 3. The molecule has 0 aromatic heterocycles. The van der Waals surface area contributed by atoms with Gasteiger partial charge >= 0.3 is 0 Å². The number of ether oxygens (including phenoxy) is 7. The highest BCUT2D eigenvalue weighted by molar-refractivity contribution is 7.89. The molecule has 3 heterocycles. The fraction of sp³-hybridized carbons (Fsp3) is 0.629. The average Bonchev–Trinajstić information content (AvgIpc) is 0.833. The molecule has 3 aliphatic heterocycles. The summed E-state index contributed by atoms with van der Waals surface area (Å²) in [5.74, 6) is -0.450. The molecule has 20 atom stereocenters. The highest BCUT2D eigenvalue weighted by Crippen LogP contribution is 2.40. The highest BCUT2D eigenvalue weighted by Gasteiger charge is 2.37. The number of aliphatic hydroxyl groups excluding tert-OH is 10. The molecule has 8 rings (SSSR count). The first-order valence-electron chi connectivity index (χ1n) is 42.8. The lowest BCUT2D eigenvalue weighted by Crippen LogP contribution is -2.44. The minimum Gasteiger partial charge on any atom is -0.507 e. The van der Waals surface area contributed by atoms with E-state index < -0.39 is 99.8 Å². The van der Waals surface area contributed by atoms with Crippen molar-refractivity contribution in [2.24, 2.45) is 10.3 Å². The third kappa shape index (κ3) is 42.0. The molecule has 0 bridgehead atoms. The van der Waals surface area contributed by atoms with E-state index >= 15 is 0 Å². The van der Waals surface area contributed by atoms with Gasteiger partial charge in [-0.15, -0.1) is 0 Å². The van der Waals surface area contributed by atoms with Crippen LogP contribution in [0.3, 0.4) is 0 Å². The molecule has 19 N–H and O–H groups in total. The average molecular weight is 1760 g/mol. The molecular formula is C89H138N4O27S2. The maximum absolute atomic E-state index is 12.9. The van der Waals surface area contributed by atoms with E-state index in [1.165, 1.54) is 54.6 Å². The van der Waals surface area contributed by atoms with Crippen molar-refractivity contribution in [2.75, 3.05) is 20.2 Å². The molecule has 122 heavy (non-hydrogen) atoms. The van der Waals surface area contributed by atoms with E-state index in [0.717, 1.165) is 38.5 Å². The number of phenols is 3. The molecule has 0 radical (unpaired) electrons. The summed E-state index contributed by atoms with van der Waals surface area (Å²) in [6.45, 7) is 9.68. The summed E-state index contributed by atoms with van der Waals surface area (Å²) in [5.41, 5.74) is 2.12. The van der Waals surface area contributed by atoms with Crippen molar-refractivity contribution in [3.8, 4) is 17.2 Å². The second-order valence-corrected chi connectivity index (χ2v) is 35.4. The van der Waals surface area contributed by atoms with Crippen molar-refractivity contribution in [2.45, 2.75) is 347 Å². The zero-order chi connectivity index (χ0) is 89.9. The Morgan fingerprint density at radius 3 is 1.22 bits per heavy atom. The van der Waals surface area contributed by atoms with Crippen LogP contribution in [0, 0.1) is 0 Å². The normalized spacial score (nSPS) is 22.0. The fourth-order valence-electron chi connectivity index (χ4n) is 14.4. The number of carbonyl (C=O) groups is 3. The SMILES string of the molecule is CCC(O)CC(O)CCCC(O)CC(O)CC(O)CCCC(O)CC(O)CCC[C@H](C)O.CCC1CC(CCCC2CC(CC(O)CCCC3CC(CCC[C@H](C)O)OC(CNC(=O)c4ccc(S(N)(=O)=O)cc4)O3)OC(c3ccccc3O)O2)OC(c2ccccc2O)O1.COC(C)CNC(=O)c1ccc(S(N)(=O)=O)cc1.O=Cc1ccccc1O. The fourth-order valence-corrected chi connectivity index (χ4v) is 15.4. The summed E-state index contributed by atoms with van der Waals surface area (Å²) in [5, 5.41) is 146. The second kappa shape index (κ2) is 56.4. The van der Waals surface area contributed by atoms with Crippen LogP contribution in [0.1, 0.15) is 269 Å². The molecule has 5 aromatic carbocycles. The number of benzene rings is 5. The van der Waals surface area contributed by atoms with Gasteiger partial charge in [0.2, 0.25) is 20.0 Å². The predicted molar refractivity (Wildman–Crippen MR) is 457 cm³/mol. The van der Waals surface area contributed by atoms with E-state index in [0.29, 0.717) is 157 Å². The van der Waals surface area contributed by atoms with Gasteiger partial charge in [-0.05, 0) is 254 Å². The van der Waals surface area contributed by atoms with Gasteiger partial charge in [-0.1, -0.05) is 62.4 Å². The number of hydrogen-bond acceptors (Lipinski definition) is 27. The summed E-state index contributed by atoms with van der Waals surface area (Å²) >= 11 is 0. The van der Waals surface area contributed by atoms with Gasteiger partial charge in [0.1, 0.15) is 17.2 Å². The molecule has 3 saturated heterocycles. The number of sulfonamides is 2. The molecule has 2 amide bonds. The number of hydrogen-bond donors (Lipinski definition) is 17. The molecule has 0 spiro atoms. The first kappa shape index (κ1) is 106. The number of aliphatic hydroxyl groups is 10. The number of para-hydroxylation sites is 3. The van der Waals surface area contributed by atoms with E-state index in [-0.39, 0.29) is 113 Å². The number of nitrogens with two attached hydrogens (primary N) is 2. The zero-order valence-electron chi connectivity index (χ0n) is 71.4. The van der Waals surface area contributed by atoms with Crippen LogP contribution in [0.4, 0.5) is 0 Å². The van der Waals surface area contributed by atoms with Gasteiger partial charge in [0, 0.05) is 55.2 Å². The van der Waals surface area contributed by atoms with Crippen LogP contribution in [0.15, 0.2) is 131 Å². The zero-order valence-corrected chi connectivity index (χ0v) is 73.0. The van der Waals surface area contributed by atoms with Crippen molar-refractivity contribution in [3.05, 3.63) is 149 Å². The minimum atomic E-state index is -3.89. The monoisotopic (exact) mass is 1760 g/mol. The third-order valence-corrected chi connectivity index (χ3v) is 23.3. The smallest absolute Gasteiger partial charge is 0.251 e. The van der Waals surface area contributed by atoms with Gasteiger partial charge < -0.3 is 110 Å². The molecule has 3 aliphatic rings. The van der Waals surface area contributed by atoms with Crippen molar-refractivity contribution < 1.29 is 131 Å². The van der Waals surface area contributed by atoms with Crippen molar-refractivity contribution >= 4 is 38.1 Å². The van der Waals surface area contributed by atoms with E-state index in [1.807, 2.05) is 32.0 Å². The Labute approximate surface area is 719 Å². The Morgan fingerprint density at radius 2 is 0.803 bits per heavy atom. The Morgan fingerprint density at radius 1 is 0.443 bits per heavy atom. The number of methoxy groups -OCH3 is 1. The molecule has 0 aliphatic carbocycles. The number of primary sulfonamides is 2. The van der Waals surface area contributed by atoms with Gasteiger partial charge in [-0.2, -0.15) is 0 Å². The van der Waals surface area contributed by atoms with E-state index in [1.54, 1.807) is 69.5 Å². The second-order valence-electron chi connectivity index (χ2n) is 32.3. The number of nitrogens with one attached hydrogen (secondary N) is 2. The first-order chi connectivity index (χ1) is 57.9.